The van der Waals surface area contributed by atoms with Crippen molar-refractivity contribution in [2.45, 2.75) is 45.1 Å². The summed E-state index contributed by atoms with van der Waals surface area (Å²) in [5.41, 5.74) is 1.41. The molecule has 4 nitrogen and oxygen atoms in total. The van der Waals surface area contributed by atoms with Crippen molar-refractivity contribution in [3.8, 4) is 0 Å². The molecule has 1 aliphatic carbocycles. The number of pyridine rings is 1. The summed E-state index contributed by atoms with van der Waals surface area (Å²) in [5.74, 6) is 0.00606. The molecular weight excluding hydrogens is 240 g/mol. The molecule has 4 heteroatoms. The zero-order chi connectivity index (χ0) is 13.7. The molecule has 104 valence electrons. The van der Waals surface area contributed by atoms with Crippen LogP contribution in [-0.2, 0) is 0 Å². The van der Waals surface area contributed by atoms with Gasteiger partial charge < -0.3 is 10.0 Å². The normalized spacial score (nSPS) is 16.3. The quantitative estimate of drug-likeness (QED) is 0.904. The third-order valence-corrected chi connectivity index (χ3v) is 3.85. The molecule has 0 radical (unpaired) electrons. The Bertz CT molecular complexity index is 428. The summed E-state index contributed by atoms with van der Waals surface area (Å²) in [7, 11) is 0. The first-order valence-corrected chi connectivity index (χ1v) is 7.07. The number of carbonyl (C=O) groups is 1. The van der Waals surface area contributed by atoms with Crippen LogP contribution in [0.15, 0.2) is 18.3 Å². The molecule has 0 saturated heterocycles. The predicted molar refractivity (Wildman–Crippen MR) is 74.0 cm³/mol. The molecule has 1 heterocycles. The molecule has 0 spiro atoms. The van der Waals surface area contributed by atoms with E-state index in [-0.39, 0.29) is 18.6 Å². The Kier molecular flexibility index (Phi) is 4.91. The zero-order valence-electron chi connectivity index (χ0n) is 11.5. The molecule has 0 atom stereocenters. The van der Waals surface area contributed by atoms with E-state index >= 15 is 0 Å². The Morgan fingerprint density at radius 3 is 2.79 bits per heavy atom. The highest BCUT2D eigenvalue weighted by Gasteiger charge is 2.26. The Labute approximate surface area is 114 Å². The molecule has 2 rings (SSSR count). The van der Waals surface area contributed by atoms with Gasteiger partial charge in [0.15, 0.2) is 0 Å². The third-order valence-electron chi connectivity index (χ3n) is 3.85. The molecule has 0 unspecified atom stereocenters. The Morgan fingerprint density at radius 1 is 1.42 bits per heavy atom. The van der Waals surface area contributed by atoms with Crippen molar-refractivity contribution in [1.82, 2.24) is 9.88 Å². The molecule has 1 aromatic heterocycles. The smallest absolute Gasteiger partial charge is 0.256 e. The Balaban J connectivity index is 2.18. The highest BCUT2D eigenvalue weighted by Crippen LogP contribution is 2.24. The van der Waals surface area contributed by atoms with Crippen molar-refractivity contribution >= 4 is 5.91 Å². The van der Waals surface area contributed by atoms with E-state index in [1.165, 1.54) is 19.3 Å². The molecule has 1 aromatic rings. The minimum atomic E-state index is 0.00606. The maximum atomic E-state index is 12.6. The second-order valence-corrected chi connectivity index (χ2v) is 5.15. The largest absolute Gasteiger partial charge is 0.395 e. The highest BCUT2D eigenvalue weighted by atomic mass is 16.3. The fraction of sp³-hybridized carbons (Fsp3) is 0.600. The minimum absolute atomic E-state index is 0.00606. The summed E-state index contributed by atoms with van der Waals surface area (Å²) >= 11 is 0. The average Bonchev–Trinajstić information content (AvgIpc) is 2.45. The fourth-order valence-electron chi connectivity index (χ4n) is 2.82. The molecule has 0 bridgehead atoms. The SMILES string of the molecule is Cc1ncccc1C(=O)N(CCO)C1CCCCC1. The number of hydrogen-bond acceptors (Lipinski definition) is 3. The Hall–Kier alpha value is -1.42. The number of rotatable bonds is 4. The number of aryl methyl sites for hydroxylation is 1. The van der Waals surface area contributed by atoms with Crippen LogP contribution in [0.25, 0.3) is 0 Å². The summed E-state index contributed by atoms with van der Waals surface area (Å²) in [6.45, 7) is 2.28. The van der Waals surface area contributed by atoms with E-state index in [4.69, 9.17) is 0 Å². The predicted octanol–water partition coefficient (Wildman–Crippen LogP) is 2.16. The van der Waals surface area contributed by atoms with Gasteiger partial charge in [0.05, 0.1) is 12.2 Å². The summed E-state index contributed by atoms with van der Waals surface area (Å²) < 4.78 is 0. The van der Waals surface area contributed by atoms with Crippen molar-refractivity contribution in [1.29, 1.82) is 0 Å². The van der Waals surface area contributed by atoms with Gasteiger partial charge in [0.1, 0.15) is 0 Å². The zero-order valence-corrected chi connectivity index (χ0v) is 11.5. The van der Waals surface area contributed by atoms with E-state index < -0.39 is 0 Å². The van der Waals surface area contributed by atoms with Crippen molar-refractivity contribution in [2.24, 2.45) is 0 Å². The molecule has 0 aliphatic heterocycles. The van der Waals surface area contributed by atoms with E-state index in [1.54, 1.807) is 12.3 Å². The maximum Gasteiger partial charge on any atom is 0.256 e. The maximum absolute atomic E-state index is 12.6. The van der Waals surface area contributed by atoms with Gasteiger partial charge in [-0.3, -0.25) is 9.78 Å². The van der Waals surface area contributed by atoms with Crippen LogP contribution in [0.1, 0.15) is 48.2 Å². The van der Waals surface area contributed by atoms with Crippen LogP contribution in [0.4, 0.5) is 0 Å². The van der Waals surface area contributed by atoms with Crippen molar-refractivity contribution < 1.29 is 9.90 Å². The summed E-state index contributed by atoms with van der Waals surface area (Å²) in [5, 5.41) is 9.22. The first kappa shape index (κ1) is 14.0. The van der Waals surface area contributed by atoms with E-state index in [1.807, 2.05) is 17.9 Å². The molecule has 0 aromatic carbocycles. The van der Waals surface area contributed by atoms with Gasteiger partial charge in [0.25, 0.3) is 5.91 Å². The first-order valence-electron chi connectivity index (χ1n) is 7.07. The average molecular weight is 262 g/mol. The van der Waals surface area contributed by atoms with Crippen molar-refractivity contribution in [3.63, 3.8) is 0 Å². The molecule has 19 heavy (non-hydrogen) atoms. The second-order valence-electron chi connectivity index (χ2n) is 5.15. The molecular formula is C15H22N2O2. The molecule has 1 saturated carbocycles. The number of amides is 1. The van der Waals surface area contributed by atoms with Crippen LogP contribution in [0, 0.1) is 6.92 Å². The second kappa shape index (κ2) is 6.66. The molecule has 1 fully saturated rings. The van der Waals surface area contributed by atoms with E-state index in [9.17, 15) is 9.90 Å². The number of hydrogen-bond donors (Lipinski definition) is 1. The van der Waals surface area contributed by atoms with E-state index in [2.05, 4.69) is 4.98 Å². The lowest BCUT2D eigenvalue weighted by Gasteiger charge is -2.34. The highest BCUT2D eigenvalue weighted by molar-refractivity contribution is 5.95. The monoisotopic (exact) mass is 262 g/mol. The van der Waals surface area contributed by atoms with Crippen molar-refractivity contribution in [2.75, 3.05) is 13.2 Å². The summed E-state index contributed by atoms with van der Waals surface area (Å²) in [4.78, 5) is 18.6. The lowest BCUT2D eigenvalue weighted by Crippen LogP contribution is -2.43. The number of aromatic nitrogens is 1. The van der Waals surface area contributed by atoms with Crippen LogP contribution < -0.4 is 0 Å². The van der Waals surface area contributed by atoms with Gasteiger partial charge in [-0.15, -0.1) is 0 Å². The van der Waals surface area contributed by atoms with Crippen LogP contribution in [0.2, 0.25) is 0 Å². The van der Waals surface area contributed by atoms with Gasteiger partial charge in [-0.05, 0) is 31.9 Å². The number of aliphatic hydroxyl groups is 1. The van der Waals surface area contributed by atoms with Crippen LogP contribution >= 0.6 is 0 Å². The van der Waals surface area contributed by atoms with Gasteiger partial charge in [0.2, 0.25) is 0 Å². The summed E-state index contributed by atoms with van der Waals surface area (Å²) in [6, 6.07) is 3.88. The van der Waals surface area contributed by atoms with Gasteiger partial charge in [-0.2, -0.15) is 0 Å². The van der Waals surface area contributed by atoms with Crippen LogP contribution in [0.3, 0.4) is 0 Å². The van der Waals surface area contributed by atoms with Crippen LogP contribution in [0.5, 0.6) is 0 Å². The van der Waals surface area contributed by atoms with Crippen molar-refractivity contribution in [3.05, 3.63) is 29.6 Å². The van der Waals surface area contributed by atoms with E-state index in [0.29, 0.717) is 12.1 Å². The third kappa shape index (κ3) is 3.32. The van der Waals surface area contributed by atoms with Gasteiger partial charge in [-0.25, -0.2) is 0 Å². The number of nitrogens with zero attached hydrogens (tertiary/aromatic N) is 2. The lowest BCUT2D eigenvalue weighted by atomic mass is 9.93. The van der Waals surface area contributed by atoms with Gasteiger partial charge >= 0.3 is 0 Å². The van der Waals surface area contributed by atoms with Gasteiger partial charge in [0, 0.05) is 24.5 Å². The lowest BCUT2D eigenvalue weighted by molar-refractivity contribution is 0.0584. The summed E-state index contributed by atoms with van der Waals surface area (Å²) in [6.07, 6.45) is 7.39. The van der Waals surface area contributed by atoms with Crippen LogP contribution in [-0.4, -0.2) is 40.1 Å². The number of aliphatic hydroxyl groups excluding tert-OH is 1. The first-order chi connectivity index (χ1) is 9.24. The van der Waals surface area contributed by atoms with E-state index in [0.717, 1.165) is 18.5 Å². The molecule has 1 N–H and O–H groups in total. The number of carbonyl (C=O) groups excluding carboxylic acids is 1. The van der Waals surface area contributed by atoms with Gasteiger partial charge in [-0.1, -0.05) is 19.3 Å². The fourth-order valence-corrected chi connectivity index (χ4v) is 2.82. The Morgan fingerprint density at radius 2 is 2.16 bits per heavy atom. The molecule has 1 amide bonds. The minimum Gasteiger partial charge on any atom is -0.395 e. The standard InChI is InChI=1S/C15H22N2O2/c1-12-14(8-5-9-16-12)15(19)17(10-11-18)13-6-3-2-4-7-13/h5,8-9,13,18H,2-4,6-7,10-11H2,1H3. The molecule has 1 aliphatic rings. The topological polar surface area (TPSA) is 53.4 Å².